The fourth-order valence-corrected chi connectivity index (χ4v) is 1.70. The van der Waals surface area contributed by atoms with Crippen LogP contribution in [0.25, 0.3) is 0 Å². The Hall–Kier alpha value is -1.82. The molecule has 0 atom stereocenters. The normalized spacial score (nSPS) is 10.0. The van der Waals surface area contributed by atoms with Crippen LogP contribution in [-0.2, 0) is 4.79 Å². The second kappa shape index (κ2) is 7.58. The van der Waals surface area contributed by atoms with Crippen LogP contribution in [0.5, 0.6) is 5.75 Å². The van der Waals surface area contributed by atoms with Gasteiger partial charge in [-0.1, -0.05) is 0 Å². The maximum atomic E-state index is 11.6. The summed E-state index contributed by atoms with van der Waals surface area (Å²) >= 11 is 5.51. The smallest absolute Gasteiger partial charge is 0.312 e. The number of carbonyl (C=O) groups excluding carboxylic acids is 1. The van der Waals surface area contributed by atoms with Crippen molar-refractivity contribution in [3.8, 4) is 5.75 Å². The van der Waals surface area contributed by atoms with Crippen LogP contribution in [0, 0.1) is 10.1 Å². The number of hydrogen-bond acceptors (Lipinski definition) is 4. The lowest BCUT2D eigenvalue weighted by molar-refractivity contribution is -0.385. The number of alkyl halides is 1. The Morgan fingerprint density at radius 1 is 1.47 bits per heavy atom. The van der Waals surface area contributed by atoms with Gasteiger partial charge >= 0.3 is 5.69 Å². The Morgan fingerprint density at radius 2 is 2.21 bits per heavy atom. The first-order valence-corrected chi connectivity index (χ1v) is 6.30. The molecule has 1 aromatic carbocycles. The van der Waals surface area contributed by atoms with E-state index in [0.717, 1.165) is 6.42 Å². The molecule has 0 bridgehead atoms. The molecule has 7 heteroatoms. The van der Waals surface area contributed by atoms with Crippen LogP contribution in [-0.4, -0.2) is 23.8 Å². The third kappa shape index (κ3) is 4.75. The predicted molar refractivity (Wildman–Crippen MR) is 72.8 cm³/mol. The number of methoxy groups -OCH3 is 1. The molecule has 0 spiro atoms. The molecule has 0 radical (unpaired) electrons. The Kier molecular flexibility index (Phi) is 6.08. The fourth-order valence-electron chi connectivity index (χ4n) is 1.51. The number of nitrogens with one attached hydrogen (secondary N) is 1. The number of rotatable bonds is 7. The molecule has 1 amide bonds. The third-order valence-corrected chi connectivity index (χ3v) is 2.71. The monoisotopic (exact) mass is 286 g/mol. The molecule has 1 rings (SSSR count). The summed E-state index contributed by atoms with van der Waals surface area (Å²) in [5.74, 6) is 0.483. The van der Waals surface area contributed by atoms with Crippen molar-refractivity contribution in [3.63, 3.8) is 0 Å². The highest BCUT2D eigenvalue weighted by Crippen LogP contribution is 2.29. The van der Waals surface area contributed by atoms with E-state index in [0.29, 0.717) is 24.4 Å². The third-order valence-electron chi connectivity index (χ3n) is 2.45. The van der Waals surface area contributed by atoms with Crippen LogP contribution in [0.2, 0.25) is 0 Å². The van der Waals surface area contributed by atoms with Gasteiger partial charge in [0.15, 0.2) is 5.75 Å². The summed E-state index contributed by atoms with van der Waals surface area (Å²) < 4.78 is 4.88. The van der Waals surface area contributed by atoms with E-state index in [4.69, 9.17) is 16.3 Å². The van der Waals surface area contributed by atoms with Crippen molar-refractivity contribution >= 4 is 28.9 Å². The molecular weight excluding hydrogens is 272 g/mol. The molecule has 1 N–H and O–H groups in total. The van der Waals surface area contributed by atoms with Crippen molar-refractivity contribution in [3.05, 3.63) is 28.3 Å². The van der Waals surface area contributed by atoms with Crippen molar-refractivity contribution in [2.75, 3.05) is 18.3 Å². The summed E-state index contributed by atoms with van der Waals surface area (Å²) in [4.78, 5) is 21.8. The minimum atomic E-state index is -0.554. The molecule has 0 saturated heterocycles. The molecule has 0 aliphatic carbocycles. The number of unbranched alkanes of at least 4 members (excludes halogenated alkanes) is 1. The summed E-state index contributed by atoms with van der Waals surface area (Å²) in [5, 5.41) is 13.4. The SMILES string of the molecule is COc1ccc(NC(=O)CCCCCl)cc1[N+](=O)[O-]. The van der Waals surface area contributed by atoms with Crippen LogP contribution in [0.3, 0.4) is 0 Å². The summed E-state index contributed by atoms with van der Waals surface area (Å²) in [6, 6.07) is 4.29. The van der Waals surface area contributed by atoms with E-state index in [1.54, 1.807) is 6.07 Å². The highest BCUT2D eigenvalue weighted by atomic mass is 35.5. The number of carbonyl (C=O) groups is 1. The molecule has 0 heterocycles. The number of benzene rings is 1. The molecule has 104 valence electrons. The van der Waals surface area contributed by atoms with Crippen molar-refractivity contribution < 1.29 is 14.5 Å². The first-order chi connectivity index (χ1) is 9.08. The van der Waals surface area contributed by atoms with E-state index in [-0.39, 0.29) is 17.3 Å². The van der Waals surface area contributed by atoms with Crippen molar-refractivity contribution in [2.24, 2.45) is 0 Å². The van der Waals surface area contributed by atoms with Crippen LogP contribution < -0.4 is 10.1 Å². The number of ether oxygens (including phenoxy) is 1. The Balaban J connectivity index is 2.71. The molecule has 0 aliphatic rings. The van der Waals surface area contributed by atoms with Crippen LogP contribution in [0.1, 0.15) is 19.3 Å². The van der Waals surface area contributed by atoms with Gasteiger partial charge < -0.3 is 10.1 Å². The zero-order valence-corrected chi connectivity index (χ0v) is 11.3. The van der Waals surface area contributed by atoms with Gasteiger partial charge in [0.2, 0.25) is 5.91 Å². The number of hydrogen-bond donors (Lipinski definition) is 1. The largest absolute Gasteiger partial charge is 0.490 e. The quantitative estimate of drug-likeness (QED) is 0.361. The number of halogens is 1. The van der Waals surface area contributed by atoms with Crippen molar-refractivity contribution in [2.45, 2.75) is 19.3 Å². The van der Waals surface area contributed by atoms with Crippen LogP contribution in [0.4, 0.5) is 11.4 Å². The van der Waals surface area contributed by atoms with E-state index in [9.17, 15) is 14.9 Å². The van der Waals surface area contributed by atoms with Gasteiger partial charge in [0.05, 0.1) is 12.0 Å². The fraction of sp³-hybridized carbons (Fsp3) is 0.417. The first-order valence-electron chi connectivity index (χ1n) is 5.76. The first kappa shape index (κ1) is 15.2. The summed E-state index contributed by atoms with van der Waals surface area (Å²) in [6.07, 6.45) is 1.79. The maximum Gasteiger partial charge on any atom is 0.312 e. The van der Waals surface area contributed by atoms with Crippen molar-refractivity contribution in [1.29, 1.82) is 0 Å². The average molecular weight is 287 g/mol. The van der Waals surface area contributed by atoms with Gasteiger partial charge in [0.25, 0.3) is 0 Å². The highest BCUT2D eigenvalue weighted by Gasteiger charge is 2.15. The van der Waals surface area contributed by atoms with Crippen molar-refractivity contribution in [1.82, 2.24) is 0 Å². The van der Waals surface area contributed by atoms with Gasteiger partial charge in [-0.3, -0.25) is 14.9 Å². The number of anilines is 1. The lowest BCUT2D eigenvalue weighted by atomic mass is 10.2. The summed E-state index contributed by atoms with van der Waals surface area (Å²) in [6.45, 7) is 0. The molecule has 0 aromatic heterocycles. The lowest BCUT2D eigenvalue weighted by Gasteiger charge is -2.06. The average Bonchev–Trinajstić information content (AvgIpc) is 2.39. The van der Waals surface area contributed by atoms with Gasteiger partial charge in [-0.25, -0.2) is 0 Å². The molecule has 0 fully saturated rings. The van der Waals surface area contributed by atoms with Gasteiger partial charge in [-0.05, 0) is 25.0 Å². The molecule has 19 heavy (non-hydrogen) atoms. The molecule has 0 aliphatic heterocycles. The number of nitro groups is 1. The van der Waals surface area contributed by atoms with E-state index in [2.05, 4.69) is 5.32 Å². The van der Waals surface area contributed by atoms with E-state index in [1.807, 2.05) is 0 Å². The lowest BCUT2D eigenvalue weighted by Crippen LogP contribution is -2.11. The maximum absolute atomic E-state index is 11.6. The van der Waals surface area contributed by atoms with E-state index < -0.39 is 4.92 Å². The predicted octanol–water partition coefficient (Wildman–Crippen LogP) is 2.95. The second-order valence-electron chi connectivity index (χ2n) is 3.84. The van der Waals surface area contributed by atoms with Gasteiger partial charge in [-0.15, -0.1) is 11.6 Å². The molecule has 0 saturated carbocycles. The molecular formula is C12H15ClN2O4. The van der Waals surface area contributed by atoms with E-state index >= 15 is 0 Å². The number of nitrogens with zero attached hydrogens (tertiary/aromatic N) is 1. The van der Waals surface area contributed by atoms with E-state index in [1.165, 1.54) is 19.2 Å². The standard InChI is InChI=1S/C12H15ClN2O4/c1-19-11-6-5-9(8-10(11)15(17)18)14-12(16)4-2-3-7-13/h5-6,8H,2-4,7H2,1H3,(H,14,16). The second-order valence-corrected chi connectivity index (χ2v) is 4.22. The molecule has 6 nitrogen and oxygen atoms in total. The minimum Gasteiger partial charge on any atom is -0.490 e. The van der Waals surface area contributed by atoms with Gasteiger partial charge in [-0.2, -0.15) is 0 Å². The summed E-state index contributed by atoms with van der Waals surface area (Å²) in [7, 11) is 1.35. The topological polar surface area (TPSA) is 81.5 Å². The zero-order valence-electron chi connectivity index (χ0n) is 10.5. The minimum absolute atomic E-state index is 0.158. The van der Waals surface area contributed by atoms with Gasteiger partial charge in [0, 0.05) is 24.1 Å². The summed E-state index contributed by atoms with van der Waals surface area (Å²) in [5.41, 5.74) is 0.199. The zero-order chi connectivity index (χ0) is 14.3. The Bertz CT molecular complexity index is 465. The van der Waals surface area contributed by atoms with Crippen LogP contribution in [0.15, 0.2) is 18.2 Å². The van der Waals surface area contributed by atoms with Gasteiger partial charge in [0.1, 0.15) is 0 Å². The van der Waals surface area contributed by atoms with Crippen LogP contribution >= 0.6 is 11.6 Å². The number of nitro benzene ring substituents is 1. The Labute approximate surface area is 115 Å². The number of amides is 1. The molecule has 1 aromatic rings. The molecule has 0 unspecified atom stereocenters. The highest BCUT2D eigenvalue weighted by molar-refractivity contribution is 6.17. The Morgan fingerprint density at radius 3 is 2.79 bits per heavy atom.